The molecule has 0 radical (unpaired) electrons. The number of carbonyl (C=O) groups excluding carboxylic acids is 1. The second kappa shape index (κ2) is 10.2. The van der Waals surface area contributed by atoms with Gasteiger partial charge in [-0.3, -0.25) is 14.0 Å². The van der Waals surface area contributed by atoms with Crippen LogP contribution in [-0.2, 0) is 7.05 Å². The molecule has 0 spiro atoms. The van der Waals surface area contributed by atoms with Crippen molar-refractivity contribution >= 4 is 23.1 Å². The lowest BCUT2D eigenvalue weighted by Gasteiger charge is -2.09. The van der Waals surface area contributed by atoms with Crippen LogP contribution in [0.5, 0.6) is 11.5 Å². The van der Waals surface area contributed by atoms with Crippen LogP contribution < -0.4 is 20.1 Å². The molecule has 2 aromatic carbocycles. The number of anilines is 3. The van der Waals surface area contributed by atoms with Gasteiger partial charge in [-0.25, -0.2) is 15.0 Å². The van der Waals surface area contributed by atoms with E-state index in [1.807, 2.05) is 30.5 Å². The molecule has 0 saturated carbocycles. The second-order valence-corrected chi connectivity index (χ2v) is 7.99. The Morgan fingerprint density at radius 2 is 1.76 bits per heavy atom. The van der Waals surface area contributed by atoms with E-state index in [1.54, 1.807) is 68.7 Å². The summed E-state index contributed by atoms with van der Waals surface area (Å²) in [6, 6.07) is 16.3. The average molecular weight is 497 g/mol. The van der Waals surface area contributed by atoms with Crippen LogP contribution in [0.4, 0.5) is 17.2 Å². The molecule has 0 aliphatic carbocycles. The number of hydrogen-bond donors (Lipinski definition) is 2. The molecule has 37 heavy (non-hydrogen) atoms. The molecule has 5 aromatic rings. The number of nitrogens with zero attached hydrogens (tertiary/aromatic N) is 6. The average Bonchev–Trinajstić information content (AvgIpc) is 3.60. The molecule has 0 aliphatic heterocycles. The zero-order valence-electron chi connectivity index (χ0n) is 20.4. The van der Waals surface area contributed by atoms with E-state index in [0.29, 0.717) is 40.2 Å². The Bertz CT molecular complexity index is 1530. The summed E-state index contributed by atoms with van der Waals surface area (Å²) in [6.07, 6.45) is 6.64. The first-order chi connectivity index (χ1) is 18.0. The van der Waals surface area contributed by atoms with E-state index < -0.39 is 0 Å². The summed E-state index contributed by atoms with van der Waals surface area (Å²) in [4.78, 5) is 25.6. The first-order valence-corrected chi connectivity index (χ1v) is 11.3. The van der Waals surface area contributed by atoms with Crippen LogP contribution in [-0.4, -0.2) is 49.4 Å². The van der Waals surface area contributed by atoms with Crippen LogP contribution in [0.1, 0.15) is 10.5 Å². The Kier molecular flexibility index (Phi) is 6.49. The number of aryl methyl sites for hydroxylation is 1. The first kappa shape index (κ1) is 23.5. The molecule has 3 heterocycles. The third-order valence-corrected chi connectivity index (χ3v) is 5.63. The summed E-state index contributed by atoms with van der Waals surface area (Å²) < 4.78 is 14.1. The Morgan fingerprint density at radius 1 is 0.946 bits per heavy atom. The maximum absolute atomic E-state index is 13.0. The zero-order chi connectivity index (χ0) is 25.8. The van der Waals surface area contributed by atoms with Crippen molar-refractivity contribution in [3.05, 3.63) is 85.3 Å². The predicted molar refractivity (Wildman–Crippen MR) is 139 cm³/mol. The zero-order valence-corrected chi connectivity index (χ0v) is 20.4. The van der Waals surface area contributed by atoms with Gasteiger partial charge in [-0.2, -0.15) is 5.10 Å². The molecule has 11 nitrogen and oxygen atoms in total. The Balaban J connectivity index is 1.29. The fourth-order valence-corrected chi connectivity index (χ4v) is 3.76. The molecule has 186 valence electrons. The lowest BCUT2D eigenvalue weighted by atomic mass is 10.1. The Hall–Kier alpha value is -5.19. The highest BCUT2D eigenvalue weighted by Crippen LogP contribution is 2.33. The summed E-state index contributed by atoms with van der Waals surface area (Å²) in [5, 5.41) is 10.7. The summed E-state index contributed by atoms with van der Waals surface area (Å²) in [5.74, 6) is 2.34. The second-order valence-electron chi connectivity index (χ2n) is 7.99. The van der Waals surface area contributed by atoms with Gasteiger partial charge in [-0.05, 0) is 48.5 Å². The van der Waals surface area contributed by atoms with Crippen molar-refractivity contribution in [2.45, 2.75) is 0 Å². The molecule has 0 atom stereocenters. The molecule has 3 aromatic heterocycles. The summed E-state index contributed by atoms with van der Waals surface area (Å²) >= 11 is 0. The van der Waals surface area contributed by atoms with Crippen molar-refractivity contribution in [3.63, 3.8) is 0 Å². The van der Waals surface area contributed by atoms with Crippen LogP contribution in [0.15, 0.2) is 79.6 Å². The van der Waals surface area contributed by atoms with E-state index in [-0.39, 0.29) is 5.91 Å². The lowest BCUT2D eigenvalue weighted by molar-refractivity contribution is 0.101. The van der Waals surface area contributed by atoms with Crippen molar-refractivity contribution in [2.75, 3.05) is 24.9 Å². The van der Waals surface area contributed by atoms with Gasteiger partial charge in [-0.15, -0.1) is 0 Å². The number of rotatable bonds is 8. The maximum atomic E-state index is 13.0. The number of imidazole rings is 1. The monoisotopic (exact) mass is 496 g/mol. The van der Waals surface area contributed by atoms with Crippen LogP contribution in [0.2, 0.25) is 0 Å². The van der Waals surface area contributed by atoms with Gasteiger partial charge in [0.15, 0.2) is 0 Å². The van der Waals surface area contributed by atoms with Gasteiger partial charge in [0.2, 0.25) is 0 Å². The molecule has 0 aliphatic rings. The standard InChI is InChI=1S/C26H24N8O3/c1-33-22(13-21(32-33)20-12-19(36-2)8-9-23(20)37-3)26(35)31-18-6-4-17(5-7-18)30-24-14-25(29-15-28-24)34-11-10-27-16-34/h4-16H,1-3H3,(H,31,35)(H,28,29,30). The van der Waals surface area contributed by atoms with E-state index in [4.69, 9.17) is 9.47 Å². The van der Waals surface area contributed by atoms with Crippen LogP contribution in [0, 0.1) is 0 Å². The molecule has 0 fully saturated rings. The van der Waals surface area contributed by atoms with E-state index in [9.17, 15) is 4.79 Å². The number of benzene rings is 2. The smallest absolute Gasteiger partial charge is 0.273 e. The van der Waals surface area contributed by atoms with Gasteiger partial charge in [0, 0.05) is 42.4 Å². The molecule has 0 unspecified atom stereocenters. The molecule has 5 rings (SSSR count). The minimum atomic E-state index is -0.287. The molecular formula is C26H24N8O3. The topological polar surface area (TPSA) is 121 Å². The Labute approximate surface area is 212 Å². The van der Waals surface area contributed by atoms with E-state index in [2.05, 4.69) is 30.7 Å². The summed E-state index contributed by atoms with van der Waals surface area (Å²) in [5.41, 5.74) is 3.17. The number of nitrogens with one attached hydrogen (secondary N) is 2. The summed E-state index contributed by atoms with van der Waals surface area (Å²) in [6.45, 7) is 0. The number of carbonyl (C=O) groups is 1. The number of aromatic nitrogens is 6. The van der Waals surface area contributed by atoms with Gasteiger partial charge in [0.25, 0.3) is 5.91 Å². The van der Waals surface area contributed by atoms with Crippen molar-refractivity contribution < 1.29 is 14.3 Å². The molecule has 11 heteroatoms. The van der Waals surface area contributed by atoms with Gasteiger partial charge < -0.3 is 20.1 Å². The largest absolute Gasteiger partial charge is 0.497 e. The number of ether oxygens (including phenoxy) is 2. The molecule has 1 amide bonds. The van der Waals surface area contributed by atoms with Crippen molar-refractivity contribution in [1.82, 2.24) is 29.3 Å². The Morgan fingerprint density at radius 3 is 2.49 bits per heavy atom. The first-order valence-electron chi connectivity index (χ1n) is 11.3. The van der Waals surface area contributed by atoms with E-state index in [1.165, 1.54) is 11.0 Å². The fourth-order valence-electron chi connectivity index (χ4n) is 3.76. The molecular weight excluding hydrogens is 472 g/mol. The van der Waals surface area contributed by atoms with Gasteiger partial charge >= 0.3 is 0 Å². The normalized spacial score (nSPS) is 10.7. The van der Waals surface area contributed by atoms with Crippen molar-refractivity contribution in [2.24, 2.45) is 7.05 Å². The quantitative estimate of drug-likeness (QED) is 0.330. The highest BCUT2D eigenvalue weighted by Gasteiger charge is 2.17. The number of hydrogen-bond acceptors (Lipinski definition) is 8. The number of amides is 1. The third kappa shape index (κ3) is 5.10. The number of methoxy groups -OCH3 is 2. The highest BCUT2D eigenvalue weighted by atomic mass is 16.5. The SMILES string of the molecule is COc1ccc(OC)c(-c2cc(C(=O)Nc3ccc(Nc4cc(-n5ccnc5)ncn4)cc3)n(C)n2)c1. The fraction of sp³-hybridized carbons (Fsp3) is 0.115. The van der Waals surface area contributed by atoms with Gasteiger partial charge in [0.05, 0.1) is 19.9 Å². The van der Waals surface area contributed by atoms with Crippen molar-refractivity contribution in [3.8, 4) is 28.6 Å². The maximum Gasteiger partial charge on any atom is 0.273 e. The minimum Gasteiger partial charge on any atom is -0.497 e. The molecule has 0 saturated heterocycles. The van der Waals surface area contributed by atoms with Crippen LogP contribution >= 0.6 is 0 Å². The van der Waals surface area contributed by atoms with Crippen molar-refractivity contribution in [1.29, 1.82) is 0 Å². The van der Waals surface area contributed by atoms with Crippen LogP contribution in [0.25, 0.3) is 17.1 Å². The highest BCUT2D eigenvalue weighted by molar-refractivity contribution is 6.03. The van der Waals surface area contributed by atoms with Crippen LogP contribution in [0.3, 0.4) is 0 Å². The van der Waals surface area contributed by atoms with Gasteiger partial charge in [0.1, 0.15) is 41.5 Å². The minimum absolute atomic E-state index is 0.287. The summed E-state index contributed by atoms with van der Waals surface area (Å²) in [7, 11) is 4.90. The molecule has 2 N–H and O–H groups in total. The molecule has 0 bridgehead atoms. The van der Waals surface area contributed by atoms with Gasteiger partial charge in [-0.1, -0.05) is 0 Å². The van der Waals surface area contributed by atoms with E-state index in [0.717, 1.165) is 11.3 Å². The lowest BCUT2D eigenvalue weighted by Crippen LogP contribution is -2.15. The predicted octanol–water partition coefficient (Wildman–Crippen LogP) is 4.08. The van der Waals surface area contributed by atoms with E-state index >= 15 is 0 Å². The third-order valence-electron chi connectivity index (χ3n) is 5.63.